The van der Waals surface area contributed by atoms with Gasteiger partial charge in [0.25, 0.3) is 0 Å². The molecule has 0 bridgehead atoms. The van der Waals surface area contributed by atoms with Gasteiger partial charge in [-0.2, -0.15) is 5.10 Å². The quantitative estimate of drug-likeness (QED) is 0.697. The molecule has 2 heterocycles. The second kappa shape index (κ2) is 7.89. The number of halogens is 1. The highest BCUT2D eigenvalue weighted by atomic mass is 35.5. The van der Waals surface area contributed by atoms with Crippen LogP contribution in [-0.4, -0.2) is 32.5 Å². The highest BCUT2D eigenvalue weighted by Gasteiger charge is 2.09. The smallest absolute Gasteiger partial charge is 0.247 e. The van der Waals surface area contributed by atoms with E-state index in [0.29, 0.717) is 23.2 Å². The molecule has 24 heavy (non-hydrogen) atoms. The van der Waals surface area contributed by atoms with Crippen molar-refractivity contribution >= 4 is 34.0 Å². The van der Waals surface area contributed by atoms with Crippen molar-refractivity contribution in [3.05, 3.63) is 52.8 Å². The first-order valence-corrected chi connectivity index (χ1v) is 8.36. The molecule has 0 aliphatic rings. The molecule has 0 unspecified atom stereocenters. The number of nitrogens with zero attached hydrogens (tertiary/aromatic N) is 4. The van der Waals surface area contributed by atoms with Gasteiger partial charge in [-0.25, -0.2) is 0 Å². The Morgan fingerprint density at radius 1 is 1.29 bits per heavy atom. The molecular formula is C15H14ClN5O2S. The molecule has 0 atom stereocenters. The third-order valence-electron chi connectivity index (χ3n) is 2.98. The molecule has 0 fully saturated rings. The number of carbonyl (C=O) groups is 1. The second-order valence-corrected chi connectivity index (χ2v) is 6.30. The highest BCUT2D eigenvalue weighted by molar-refractivity contribution is 7.15. The molecule has 2 aromatic heterocycles. The summed E-state index contributed by atoms with van der Waals surface area (Å²) in [6.07, 6.45) is 3.95. The minimum absolute atomic E-state index is 0.140. The van der Waals surface area contributed by atoms with Crippen molar-refractivity contribution in [3.63, 3.8) is 0 Å². The summed E-state index contributed by atoms with van der Waals surface area (Å²) < 4.78 is 7.15. The molecule has 0 aliphatic carbocycles. The molecule has 124 valence electrons. The Morgan fingerprint density at radius 2 is 2.12 bits per heavy atom. The predicted molar refractivity (Wildman–Crippen MR) is 91.4 cm³/mol. The van der Waals surface area contributed by atoms with E-state index in [4.69, 9.17) is 16.3 Å². The topological polar surface area (TPSA) is 81.9 Å². The molecule has 9 heteroatoms. The van der Waals surface area contributed by atoms with Crippen LogP contribution in [0.15, 0.2) is 42.7 Å². The lowest BCUT2D eigenvalue weighted by Gasteiger charge is -2.04. The number of hydrogen-bond donors (Lipinski definition) is 1. The molecule has 0 radical (unpaired) electrons. The minimum atomic E-state index is -0.196. The van der Waals surface area contributed by atoms with Crippen LogP contribution in [0.3, 0.4) is 0 Å². The van der Waals surface area contributed by atoms with Crippen LogP contribution in [0.1, 0.15) is 5.01 Å². The zero-order valence-corrected chi connectivity index (χ0v) is 14.1. The lowest BCUT2D eigenvalue weighted by molar-refractivity contribution is -0.116. The molecule has 1 amide bonds. The van der Waals surface area contributed by atoms with Gasteiger partial charge in [0.15, 0.2) is 0 Å². The number of nitrogens with one attached hydrogen (secondary N) is 1. The van der Waals surface area contributed by atoms with E-state index in [0.717, 1.165) is 10.8 Å². The summed E-state index contributed by atoms with van der Waals surface area (Å²) in [6.45, 7) is 0.610. The van der Waals surface area contributed by atoms with Gasteiger partial charge in [-0.3, -0.25) is 14.8 Å². The lowest BCUT2D eigenvalue weighted by atomic mass is 10.3. The van der Waals surface area contributed by atoms with E-state index in [2.05, 4.69) is 20.6 Å². The zero-order chi connectivity index (χ0) is 16.8. The fourth-order valence-electron chi connectivity index (χ4n) is 1.89. The maximum absolute atomic E-state index is 11.8. The monoisotopic (exact) mass is 363 g/mol. The van der Waals surface area contributed by atoms with E-state index in [1.165, 1.54) is 16.0 Å². The molecule has 7 nitrogen and oxygen atoms in total. The van der Waals surface area contributed by atoms with Crippen LogP contribution in [0.2, 0.25) is 5.02 Å². The molecule has 0 spiro atoms. The van der Waals surface area contributed by atoms with Crippen molar-refractivity contribution in [2.45, 2.75) is 13.0 Å². The summed E-state index contributed by atoms with van der Waals surface area (Å²) in [5.74, 6) is 0.551. The highest BCUT2D eigenvalue weighted by Crippen LogP contribution is 2.18. The van der Waals surface area contributed by atoms with Gasteiger partial charge >= 0.3 is 0 Å². The van der Waals surface area contributed by atoms with Crippen molar-refractivity contribution < 1.29 is 9.53 Å². The summed E-state index contributed by atoms with van der Waals surface area (Å²) in [6, 6.07) is 8.92. The fourth-order valence-corrected chi connectivity index (χ4v) is 2.75. The number of rotatable bonds is 7. The number of anilines is 1. The van der Waals surface area contributed by atoms with Crippen LogP contribution in [0.4, 0.5) is 5.13 Å². The maximum atomic E-state index is 11.8. The number of hydrogen-bond acceptors (Lipinski definition) is 6. The molecule has 0 saturated heterocycles. The van der Waals surface area contributed by atoms with Gasteiger partial charge in [0.1, 0.15) is 17.3 Å². The van der Waals surface area contributed by atoms with Crippen LogP contribution >= 0.6 is 22.9 Å². The molecular weight excluding hydrogens is 350 g/mol. The minimum Gasteiger partial charge on any atom is -0.493 e. The van der Waals surface area contributed by atoms with Gasteiger partial charge in [0, 0.05) is 23.8 Å². The largest absolute Gasteiger partial charge is 0.493 e. The lowest BCUT2D eigenvalue weighted by Crippen LogP contribution is -2.18. The van der Waals surface area contributed by atoms with Gasteiger partial charge < -0.3 is 4.74 Å². The van der Waals surface area contributed by atoms with Crippen molar-refractivity contribution in [2.75, 3.05) is 11.9 Å². The molecule has 1 N–H and O–H groups in total. The van der Waals surface area contributed by atoms with Gasteiger partial charge in [0.2, 0.25) is 11.0 Å². The summed E-state index contributed by atoms with van der Waals surface area (Å²) in [5.41, 5.74) is 0. The molecule has 3 aromatic rings. The van der Waals surface area contributed by atoms with Gasteiger partial charge in [-0.1, -0.05) is 22.9 Å². The number of aromatic nitrogens is 4. The van der Waals surface area contributed by atoms with Crippen LogP contribution in [-0.2, 0) is 17.8 Å². The van der Waals surface area contributed by atoms with E-state index in [1.54, 1.807) is 30.6 Å². The average molecular weight is 364 g/mol. The van der Waals surface area contributed by atoms with Crippen molar-refractivity contribution in [2.24, 2.45) is 0 Å². The standard InChI is InChI=1S/C15H14ClN5O2S/c16-11-2-4-12(5-3-11)23-9-6-14-19-20-15(24-14)18-13(22)10-21-8-1-7-17-21/h1-5,7-8H,6,9-10H2,(H,18,20,22). The fraction of sp³-hybridized carbons (Fsp3) is 0.200. The van der Waals surface area contributed by atoms with E-state index in [9.17, 15) is 4.79 Å². The molecule has 0 aliphatic heterocycles. The van der Waals surface area contributed by atoms with Crippen molar-refractivity contribution in [1.82, 2.24) is 20.0 Å². The maximum Gasteiger partial charge on any atom is 0.247 e. The summed E-state index contributed by atoms with van der Waals surface area (Å²) >= 11 is 7.14. The van der Waals surface area contributed by atoms with E-state index in [1.807, 2.05) is 12.1 Å². The molecule has 1 aromatic carbocycles. The SMILES string of the molecule is O=C(Cn1cccn1)Nc1nnc(CCOc2ccc(Cl)cc2)s1. The number of amides is 1. The van der Waals surface area contributed by atoms with Crippen LogP contribution in [0.25, 0.3) is 0 Å². The van der Waals surface area contributed by atoms with E-state index < -0.39 is 0 Å². The Kier molecular flexibility index (Phi) is 5.39. The average Bonchev–Trinajstić information content (AvgIpc) is 3.21. The Bertz CT molecular complexity index is 789. The number of ether oxygens (including phenoxy) is 1. The first-order chi connectivity index (χ1) is 11.7. The Balaban J connectivity index is 1.45. The summed E-state index contributed by atoms with van der Waals surface area (Å²) in [7, 11) is 0. The van der Waals surface area contributed by atoms with Crippen LogP contribution in [0, 0.1) is 0 Å². The Morgan fingerprint density at radius 3 is 2.88 bits per heavy atom. The predicted octanol–water partition coefficient (Wildman–Crippen LogP) is 2.65. The summed E-state index contributed by atoms with van der Waals surface area (Å²) in [5, 5.41) is 16.6. The third-order valence-corrected chi connectivity index (χ3v) is 4.13. The number of carbonyl (C=O) groups excluding carboxylic acids is 1. The van der Waals surface area contributed by atoms with E-state index >= 15 is 0 Å². The first kappa shape index (κ1) is 16.4. The van der Waals surface area contributed by atoms with Crippen LogP contribution in [0.5, 0.6) is 5.75 Å². The second-order valence-electron chi connectivity index (χ2n) is 4.81. The molecule has 3 rings (SSSR count). The van der Waals surface area contributed by atoms with Crippen molar-refractivity contribution in [1.29, 1.82) is 0 Å². The van der Waals surface area contributed by atoms with Crippen LogP contribution < -0.4 is 10.1 Å². The number of benzene rings is 1. The Labute approximate surface area is 147 Å². The van der Waals surface area contributed by atoms with Gasteiger partial charge in [0.05, 0.1) is 6.61 Å². The van der Waals surface area contributed by atoms with Gasteiger partial charge in [-0.05, 0) is 30.3 Å². The Hall–Kier alpha value is -2.45. The zero-order valence-electron chi connectivity index (χ0n) is 12.6. The summed E-state index contributed by atoms with van der Waals surface area (Å²) in [4.78, 5) is 11.8. The van der Waals surface area contributed by atoms with E-state index in [-0.39, 0.29) is 12.5 Å². The third kappa shape index (κ3) is 4.77. The van der Waals surface area contributed by atoms with Crippen molar-refractivity contribution in [3.8, 4) is 5.75 Å². The van der Waals surface area contributed by atoms with Gasteiger partial charge in [-0.15, -0.1) is 10.2 Å². The molecule has 0 saturated carbocycles. The first-order valence-electron chi connectivity index (χ1n) is 7.17. The normalized spacial score (nSPS) is 10.5.